The summed E-state index contributed by atoms with van der Waals surface area (Å²) in [5, 5.41) is 3.72. The van der Waals surface area contributed by atoms with E-state index in [2.05, 4.69) is 10.1 Å². The Hall–Kier alpha value is -1.68. The molecule has 15 heavy (non-hydrogen) atoms. The smallest absolute Gasteiger partial charge is 0.228 e. The first-order chi connectivity index (χ1) is 7.25. The summed E-state index contributed by atoms with van der Waals surface area (Å²) < 4.78 is 5.02. The summed E-state index contributed by atoms with van der Waals surface area (Å²) in [6.07, 6.45) is 0.574. The van der Waals surface area contributed by atoms with Gasteiger partial charge in [-0.2, -0.15) is 4.98 Å². The van der Waals surface area contributed by atoms with Crippen LogP contribution in [0.3, 0.4) is 0 Å². The van der Waals surface area contributed by atoms with Crippen LogP contribution in [0.15, 0.2) is 34.9 Å². The van der Waals surface area contributed by atoms with E-state index < -0.39 is 0 Å². The van der Waals surface area contributed by atoms with Crippen LogP contribution in [-0.4, -0.2) is 10.1 Å². The molecule has 78 valence electrons. The van der Waals surface area contributed by atoms with Gasteiger partial charge >= 0.3 is 0 Å². The van der Waals surface area contributed by atoms with E-state index in [0.717, 1.165) is 5.56 Å². The van der Waals surface area contributed by atoms with Crippen molar-refractivity contribution in [1.29, 1.82) is 0 Å². The number of benzene rings is 1. The number of rotatable bonds is 3. The zero-order valence-electron chi connectivity index (χ0n) is 8.55. The highest BCUT2D eigenvalue weighted by Gasteiger charge is 2.10. The largest absolute Gasteiger partial charge is 0.339 e. The van der Waals surface area contributed by atoms with Crippen molar-refractivity contribution in [3.8, 4) is 0 Å². The predicted octanol–water partition coefficient (Wildman–Crippen LogP) is 1.62. The molecule has 2 aromatic rings. The van der Waals surface area contributed by atoms with Crippen LogP contribution in [0, 0.1) is 6.92 Å². The van der Waals surface area contributed by atoms with Gasteiger partial charge in [-0.25, -0.2) is 0 Å². The molecule has 0 spiro atoms. The van der Waals surface area contributed by atoms with Gasteiger partial charge in [-0.05, 0) is 12.5 Å². The van der Waals surface area contributed by atoms with Crippen LogP contribution in [0.2, 0.25) is 0 Å². The molecule has 0 unspecified atom stereocenters. The average molecular weight is 203 g/mol. The molecule has 0 aliphatic carbocycles. The SMILES string of the molecule is Cc1noc(C[C@@H](N)c2ccccc2)n1. The van der Waals surface area contributed by atoms with E-state index in [4.69, 9.17) is 10.3 Å². The molecule has 0 saturated carbocycles. The van der Waals surface area contributed by atoms with Crippen LogP contribution in [0.25, 0.3) is 0 Å². The number of hydrogen-bond acceptors (Lipinski definition) is 4. The minimum Gasteiger partial charge on any atom is -0.339 e. The maximum atomic E-state index is 6.01. The fraction of sp³-hybridized carbons (Fsp3) is 0.273. The molecule has 1 aromatic carbocycles. The van der Waals surface area contributed by atoms with E-state index in [1.54, 1.807) is 6.92 Å². The van der Waals surface area contributed by atoms with Crippen molar-refractivity contribution >= 4 is 0 Å². The van der Waals surface area contributed by atoms with Crippen LogP contribution < -0.4 is 5.73 Å². The molecule has 2 rings (SSSR count). The second kappa shape index (κ2) is 4.23. The Balaban J connectivity index is 2.07. The average Bonchev–Trinajstić information content (AvgIpc) is 2.65. The predicted molar refractivity (Wildman–Crippen MR) is 56.1 cm³/mol. The Kier molecular flexibility index (Phi) is 2.78. The Morgan fingerprint density at radius 2 is 2.07 bits per heavy atom. The number of aromatic nitrogens is 2. The minimum atomic E-state index is -0.0916. The van der Waals surface area contributed by atoms with Crippen molar-refractivity contribution in [2.24, 2.45) is 5.73 Å². The fourth-order valence-electron chi connectivity index (χ4n) is 1.43. The molecule has 4 heteroatoms. The van der Waals surface area contributed by atoms with Gasteiger partial charge in [0.15, 0.2) is 5.82 Å². The Bertz CT molecular complexity index is 424. The zero-order chi connectivity index (χ0) is 10.7. The van der Waals surface area contributed by atoms with Gasteiger partial charge in [-0.1, -0.05) is 35.5 Å². The van der Waals surface area contributed by atoms with Crippen LogP contribution in [-0.2, 0) is 6.42 Å². The topological polar surface area (TPSA) is 64.9 Å². The van der Waals surface area contributed by atoms with Gasteiger partial charge in [-0.3, -0.25) is 0 Å². The van der Waals surface area contributed by atoms with Crippen molar-refractivity contribution in [2.45, 2.75) is 19.4 Å². The second-order valence-electron chi connectivity index (χ2n) is 3.46. The van der Waals surface area contributed by atoms with Crippen molar-refractivity contribution in [3.05, 3.63) is 47.6 Å². The maximum Gasteiger partial charge on any atom is 0.228 e. The first-order valence-corrected chi connectivity index (χ1v) is 4.85. The molecule has 0 amide bonds. The highest BCUT2D eigenvalue weighted by molar-refractivity contribution is 5.19. The molecular weight excluding hydrogens is 190 g/mol. The van der Waals surface area contributed by atoms with E-state index in [1.807, 2.05) is 30.3 Å². The summed E-state index contributed by atoms with van der Waals surface area (Å²) in [5.74, 6) is 1.23. The molecule has 0 fully saturated rings. The third-order valence-electron chi connectivity index (χ3n) is 2.19. The lowest BCUT2D eigenvalue weighted by molar-refractivity contribution is 0.366. The van der Waals surface area contributed by atoms with Crippen molar-refractivity contribution in [3.63, 3.8) is 0 Å². The quantitative estimate of drug-likeness (QED) is 0.823. The first-order valence-electron chi connectivity index (χ1n) is 4.85. The first kappa shape index (κ1) is 9.86. The molecule has 1 aromatic heterocycles. The summed E-state index contributed by atoms with van der Waals surface area (Å²) in [6, 6.07) is 9.79. The molecule has 0 saturated heterocycles. The molecule has 0 aliphatic heterocycles. The fourth-order valence-corrected chi connectivity index (χ4v) is 1.43. The van der Waals surface area contributed by atoms with E-state index in [1.165, 1.54) is 0 Å². The molecule has 1 atom stereocenters. The second-order valence-corrected chi connectivity index (χ2v) is 3.46. The summed E-state index contributed by atoms with van der Waals surface area (Å²) in [6.45, 7) is 1.79. The highest BCUT2D eigenvalue weighted by atomic mass is 16.5. The molecule has 0 aliphatic rings. The third kappa shape index (κ3) is 2.41. The molecule has 1 heterocycles. The zero-order valence-corrected chi connectivity index (χ0v) is 8.55. The Morgan fingerprint density at radius 3 is 2.67 bits per heavy atom. The minimum absolute atomic E-state index is 0.0916. The van der Waals surface area contributed by atoms with Crippen molar-refractivity contribution < 1.29 is 4.52 Å². The summed E-state index contributed by atoms with van der Waals surface area (Å²) >= 11 is 0. The number of hydrogen-bond donors (Lipinski definition) is 1. The van der Waals surface area contributed by atoms with Crippen LogP contribution in [0.4, 0.5) is 0 Å². The normalized spacial score (nSPS) is 12.7. The lowest BCUT2D eigenvalue weighted by Gasteiger charge is -2.08. The molecular formula is C11H13N3O. The monoisotopic (exact) mass is 203 g/mol. The number of nitrogens with zero attached hydrogens (tertiary/aromatic N) is 2. The van der Waals surface area contributed by atoms with E-state index in [0.29, 0.717) is 18.1 Å². The van der Waals surface area contributed by atoms with E-state index >= 15 is 0 Å². The van der Waals surface area contributed by atoms with E-state index in [9.17, 15) is 0 Å². The maximum absolute atomic E-state index is 6.01. The molecule has 4 nitrogen and oxygen atoms in total. The summed E-state index contributed by atoms with van der Waals surface area (Å²) in [5.41, 5.74) is 7.09. The van der Waals surface area contributed by atoms with Crippen molar-refractivity contribution in [2.75, 3.05) is 0 Å². The van der Waals surface area contributed by atoms with Crippen molar-refractivity contribution in [1.82, 2.24) is 10.1 Å². The summed E-state index contributed by atoms with van der Waals surface area (Å²) in [4.78, 5) is 4.12. The molecule has 0 bridgehead atoms. The van der Waals surface area contributed by atoms with Gasteiger partial charge in [-0.15, -0.1) is 0 Å². The highest BCUT2D eigenvalue weighted by Crippen LogP contribution is 2.14. The van der Waals surface area contributed by atoms with E-state index in [-0.39, 0.29) is 6.04 Å². The van der Waals surface area contributed by atoms with Gasteiger partial charge in [0.2, 0.25) is 5.89 Å². The van der Waals surface area contributed by atoms with Gasteiger partial charge in [0.1, 0.15) is 0 Å². The van der Waals surface area contributed by atoms with Crippen LogP contribution >= 0.6 is 0 Å². The number of aryl methyl sites for hydroxylation is 1. The third-order valence-corrected chi connectivity index (χ3v) is 2.19. The van der Waals surface area contributed by atoms with Gasteiger partial charge in [0.25, 0.3) is 0 Å². The van der Waals surface area contributed by atoms with Gasteiger partial charge in [0, 0.05) is 12.5 Å². The van der Waals surface area contributed by atoms with Gasteiger partial charge in [0.05, 0.1) is 0 Å². The summed E-state index contributed by atoms with van der Waals surface area (Å²) in [7, 11) is 0. The molecule has 0 radical (unpaired) electrons. The lowest BCUT2D eigenvalue weighted by Crippen LogP contribution is -2.13. The lowest BCUT2D eigenvalue weighted by atomic mass is 10.1. The Morgan fingerprint density at radius 1 is 1.33 bits per heavy atom. The van der Waals surface area contributed by atoms with Crippen LogP contribution in [0.5, 0.6) is 0 Å². The standard InChI is InChI=1S/C11H13N3O/c1-8-13-11(15-14-8)7-10(12)9-5-3-2-4-6-9/h2-6,10H,7,12H2,1H3/t10-/m1/s1. The Labute approximate surface area is 88.1 Å². The van der Waals surface area contributed by atoms with Gasteiger partial charge < -0.3 is 10.3 Å². The van der Waals surface area contributed by atoms with Crippen LogP contribution in [0.1, 0.15) is 23.3 Å². The number of nitrogens with two attached hydrogens (primary N) is 1. The molecule has 2 N–H and O–H groups in total.